The average Bonchev–Trinajstić information content (AvgIpc) is 2.16. The minimum Gasteiger partial charge on any atom is -0.746 e. The van der Waals surface area contributed by atoms with E-state index in [1.54, 1.807) is 0 Å². The molecule has 1 unspecified atom stereocenters. The zero-order valence-electron chi connectivity index (χ0n) is 12.1. The van der Waals surface area contributed by atoms with Gasteiger partial charge in [-0.05, 0) is 20.8 Å². The molecule has 7 heteroatoms. The molecule has 0 aromatic heterocycles. The molecule has 18 heavy (non-hydrogen) atoms. The fourth-order valence-corrected chi connectivity index (χ4v) is 1.09. The van der Waals surface area contributed by atoms with Gasteiger partial charge in [0.15, 0.2) is 0 Å². The molecule has 0 aliphatic carbocycles. The monoisotopic (exact) mass is 281 g/mol. The van der Waals surface area contributed by atoms with Crippen LogP contribution >= 0.6 is 7.82 Å². The molecule has 0 bridgehead atoms. The number of nitrogens with zero attached hydrogens (tertiary/aromatic N) is 1. The molecule has 1 atom stereocenters. The molecule has 0 spiro atoms. The first kappa shape index (κ1) is 19.7. The van der Waals surface area contributed by atoms with Crippen LogP contribution in [0.25, 0.3) is 0 Å². The van der Waals surface area contributed by atoms with Crippen LogP contribution in [-0.4, -0.2) is 44.7 Å². The number of phosphoric acid groups is 1. The number of rotatable bonds is 5. The van der Waals surface area contributed by atoms with Crippen LogP contribution in [0.4, 0.5) is 0 Å². The van der Waals surface area contributed by atoms with Crippen molar-refractivity contribution in [1.29, 1.82) is 0 Å². The van der Waals surface area contributed by atoms with Crippen molar-refractivity contribution in [2.75, 3.05) is 34.3 Å². The normalized spacial score (nSPS) is 13.9. The Morgan fingerprint density at radius 1 is 1.33 bits per heavy atom. The van der Waals surface area contributed by atoms with Crippen LogP contribution in [0, 0.1) is 0 Å². The molecule has 0 aliphatic rings. The van der Waals surface area contributed by atoms with Crippen molar-refractivity contribution in [2.24, 2.45) is 0 Å². The molecular formula is C11H24NO5P. The summed E-state index contributed by atoms with van der Waals surface area (Å²) in [6.07, 6.45) is 0. The standard InChI is InChI=1S/C6H11O5P.C5H14N/c1-4-10-12(8,9)11-6(7)5(2)3;1-5-6(2,3)4/h2,4H2,1,3H3,(H,8,9);5H2,1-4H3/q;+1/p-1. The Bertz CT molecular complexity index is 322. The van der Waals surface area contributed by atoms with E-state index in [2.05, 4.69) is 43.7 Å². The quantitative estimate of drug-likeness (QED) is 0.431. The van der Waals surface area contributed by atoms with Crippen LogP contribution in [0.15, 0.2) is 12.2 Å². The Labute approximate surface area is 109 Å². The second-order valence-electron chi connectivity index (χ2n) is 4.63. The third-order valence-corrected chi connectivity index (χ3v) is 2.74. The molecule has 0 aromatic rings. The predicted octanol–water partition coefficient (Wildman–Crippen LogP) is 1.32. The van der Waals surface area contributed by atoms with Crippen LogP contribution in [0.2, 0.25) is 0 Å². The molecule has 108 valence electrons. The second-order valence-corrected chi connectivity index (χ2v) is 5.97. The van der Waals surface area contributed by atoms with Crippen LogP contribution in [0.5, 0.6) is 0 Å². The Morgan fingerprint density at radius 3 is 1.94 bits per heavy atom. The van der Waals surface area contributed by atoms with Gasteiger partial charge in [-0.2, -0.15) is 0 Å². The van der Waals surface area contributed by atoms with Gasteiger partial charge in [-0.1, -0.05) is 6.58 Å². The second kappa shape index (κ2) is 8.43. The highest BCUT2D eigenvalue weighted by Gasteiger charge is 2.14. The number of carbonyl (C=O) groups excluding carboxylic acids is 1. The van der Waals surface area contributed by atoms with Gasteiger partial charge < -0.3 is 18.4 Å². The highest BCUT2D eigenvalue weighted by atomic mass is 31.2. The molecule has 0 saturated carbocycles. The fraction of sp³-hybridized carbons (Fsp3) is 0.727. The van der Waals surface area contributed by atoms with E-state index in [4.69, 9.17) is 0 Å². The van der Waals surface area contributed by atoms with E-state index < -0.39 is 13.8 Å². The van der Waals surface area contributed by atoms with Crippen molar-refractivity contribution >= 4 is 13.8 Å². The molecule has 0 fully saturated rings. The van der Waals surface area contributed by atoms with Gasteiger partial charge in [-0.15, -0.1) is 0 Å². The van der Waals surface area contributed by atoms with Gasteiger partial charge in [0, 0.05) is 5.57 Å². The van der Waals surface area contributed by atoms with E-state index in [0.717, 1.165) is 4.48 Å². The van der Waals surface area contributed by atoms with E-state index in [-0.39, 0.29) is 12.2 Å². The lowest BCUT2D eigenvalue weighted by atomic mass is 10.4. The van der Waals surface area contributed by atoms with Crippen LogP contribution in [-0.2, 0) is 18.4 Å². The zero-order valence-corrected chi connectivity index (χ0v) is 13.0. The number of hydrogen-bond acceptors (Lipinski definition) is 5. The highest BCUT2D eigenvalue weighted by molar-refractivity contribution is 7.46. The van der Waals surface area contributed by atoms with Gasteiger partial charge in [0.25, 0.3) is 0 Å². The third kappa shape index (κ3) is 13.4. The maximum absolute atomic E-state index is 10.7. The van der Waals surface area contributed by atoms with E-state index in [9.17, 15) is 14.3 Å². The Hall–Kier alpha value is -0.680. The first-order valence-corrected chi connectivity index (χ1v) is 7.06. The lowest BCUT2D eigenvalue weighted by molar-refractivity contribution is -0.868. The first-order chi connectivity index (χ1) is 7.95. The van der Waals surface area contributed by atoms with Crippen molar-refractivity contribution < 1.29 is 27.8 Å². The lowest BCUT2D eigenvalue weighted by Crippen LogP contribution is -2.33. The summed E-state index contributed by atoms with van der Waals surface area (Å²) in [4.78, 5) is 21.3. The van der Waals surface area contributed by atoms with E-state index in [0.29, 0.717) is 0 Å². The van der Waals surface area contributed by atoms with Crippen molar-refractivity contribution in [2.45, 2.75) is 20.8 Å². The zero-order chi connectivity index (χ0) is 15.0. The smallest absolute Gasteiger partial charge is 0.338 e. The summed E-state index contributed by atoms with van der Waals surface area (Å²) in [6.45, 7) is 9.35. The molecule has 0 N–H and O–H groups in total. The highest BCUT2D eigenvalue weighted by Crippen LogP contribution is 2.38. The maximum Gasteiger partial charge on any atom is 0.338 e. The molecule has 0 aromatic carbocycles. The average molecular weight is 281 g/mol. The van der Waals surface area contributed by atoms with Gasteiger partial charge in [0.1, 0.15) is 0 Å². The minimum absolute atomic E-state index is 0.00535. The summed E-state index contributed by atoms with van der Waals surface area (Å²) in [5.41, 5.74) is 0.00535. The van der Waals surface area contributed by atoms with Gasteiger partial charge in [-0.25, -0.2) is 4.79 Å². The molecule has 0 aliphatic heterocycles. The van der Waals surface area contributed by atoms with Gasteiger partial charge in [0.05, 0.1) is 34.3 Å². The van der Waals surface area contributed by atoms with E-state index >= 15 is 0 Å². The summed E-state index contributed by atoms with van der Waals surface area (Å²) in [7, 11) is 2.08. The SMILES string of the molecule is C=C(C)C(=O)OP(=O)([O-])OCC.CC[N+](C)(C)C. The predicted molar refractivity (Wildman–Crippen MR) is 68.7 cm³/mol. The lowest BCUT2D eigenvalue weighted by Gasteiger charge is -2.20. The maximum atomic E-state index is 10.7. The molecular weight excluding hydrogens is 257 g/mol. The third-order valence-electron chi connectivity index (χ3n) is 1.78. The van der Waals surface area contributed by atoms with Crippen molar-refractivity contribution in [3.8, 4) is 0 Å². The number of quaternary nitrogens is 1. The largest absolute Gasteiger partial charge is 0.746 e. The van der Waals surface area contributed by atoms with Crippen LogP contribution in [0.3, 0.4) is 0 Å². The van der Waals surface area contributed by atoms with Gasteiger partial charge >= 0.3 is 13.8 Å². The molecule has 0 radical (unpaired) electrons. The number of carbonyl (C=O) groups is 1. The molecule has 0 amide bonds. The fourth-order valence-electron chi connectivity index (χ4n) is 0.364. The first-order valence-electron chi connectivity index (χ1n) is 5.60. The molecule has 6 nitrogen and oxygen atoms in total. The summed E-state index contributed by atoms with van der Waals surface area (Å²) in [5, 5.41) is 0. The summed E-state index contributed by atoms with van der Waals surface area (Å²) >= 11 is 0. The number of hydrogen-bond donors (Lipinski definition) is 0. The van der Waals surface area contributed by atoms with Gasteiger partial charge in [-0.3, -0.25) is 4.57 Å². The Balaban J connectivity index is 0. The summed E-state index contributed by atoms with van der Waals surface area (Å²) < 4.78 is 19.9. The van der Waals surface area contributed by atoms with E-state index in [1.165, 1.54) is 20.4 Å². The molecule has 0 saturated heterocycles. The number of phosphoric ester groups is 1. The van der Waals surface area contributed by atoms with Gasteiger partial charge in [0.2, 0.25) is 0 Å². The van der Waals surface area contributed by atoms with Crippen LogP contribution in [0.1, 0.15) is 20.8 Å². The molecule has 0 rings (SSSR count). The van der Waals surface area contributed by atoms with Crippen molar-refractivity contribution in [3.63, 3.8) is 0 Å². The summed E-state index contributed by atoms with van der Waals surface area (Å²) in [6, 6.07) is 0. The topological polar surface area (TPSA) is 75.7 Å². The minimum atomic E-state index is -4.46. The van der Waals surface area contributed by atoms with Crippen molar-refractivity contribution in [1.82, 2.24) is 0 Å². The Kier molecular flexibility index (Phi) is 9.20. The van der Waals surface area contributed by atoms with E-state index in [1.807, 2.05) is 0 Å². The Morgan fingerprint density at radius 2 is 1.72 bits per heavy atom. The molecule has 0 heterocycles. The van der Waals surface area contributed by atoms with Crippen molar-refractivity contribution in [3.05, 3.63) is 12.2 Å². The summed E-state index contributed by atoms with van der Waals surface area (Å²) in [5.74, 6) is -0.998. The van der Waals surface area contributed by atoms with Crippen LogP contribution < -0.4 is 4.89 Å².